The van der Waals surface area contributed by atoms with Crippen molar-refractivity contribution in [3.8, 4) is 0 Å². The molecule has 14 heavy (non-hydrogen) atoms. The first-order valence-corrected chi connectivity index (χ1v) is 4.83. The Morgan fingerprint density at radius 3 is 2.93 bits per heavy atom. The number of aromatic nitrogens is 2. The van der Waals surface area contributed by atoms with E-state index in [4.69, 9.17) is 0 Å². The minimum absolute atomic E-state index is 0.507. The zero-order valence-corrected chi connectivity index (χ0v) is 8.20. The smallest absolute Gasteiger partial charge is 0.115 e. The number of nitrogens with zero attached hydrogens (tertiary/aromatic N) is 2. The first kappa shape index (κ1) is 9.36. The molecule has 1 saturated heterocycles. The van der Waals surface area contributed by atoms with Crippen molar-refractivity contribution >= 4 is 5.69 Å². The lowest BCUT2D eigenvalue weighted by Crippen LogP contribution is -2.30. The molecular formula is C9H15N5. The number of hydrogen-bond donors (Lipinski definition) is 3. The number of hydrazine groups is 1. The molecule has 1 fully saturated rings. The summed E-state index contributed by atoms with van der Waals surface area (Å²) in [6.07, 6.45) is 5.10. The van der Waals surface area contributed by atoms with Gasteiger partial charge < -0.3 is 5.32 Å². The molecule has 5 nitrogen and oxygen atoms in total. The summed E-state index contributed by atoms with van der Waals surface area (Å²) in [5, 5.41) is 3.31. The summed E-state index contributed by atoms with van der Waals surface area (Å²) in [5.74, 6) is 0.607. The Labute approximate surface area is 83.3 Å². The van der Waals surface area contributed by atoms with Crippen molar-refractivity contribution in [1.29, 1.82) is 0 Å². The Morgan fingerprint density at radius 1 is 1.50 bits per heavy atom. The van der Waals surface area contributed by atoms with Gasteiger partial charge in [-0.15, -0.1) is 0 Å². The largest absolute Gasteiger partial charge is 0.382 e. The average Bonchev–Trinajstić information content (AvgIpc) is 2.63. The van der Waals surface area contributed by atoms with Gasteiger partial charge in [-0.3, -0.25) is 10.9 Å². The number of anilines is 1. The van der Waals surface area contributed by atoms with Gasteiger partial charge in [-0.2, -0.15) is 0 Å². The summed E-state index contributed by atoms with van der Waals surface area (Å²) in [5.41, 5.74) is 7.30. The average molecular weight is 193 g/mol. The van der Waals surface area contributed by atoms with Crippen molar-refractivity contribution in [2.75, 3.05) is 18.4 Å². The van der Waals surface area contributed by atoms with Crippen molar-refractivity contribution in [3.63, 3.8) is 0 Å². The van der Waals surface area contributed by atoms with Crippen molar-refractivity contribution in [2.24, 2.45) is 5.92 Å². The lowest BCUT2D eigenvalue weighted by Gasteiger charge is -2.14. The molecule has 0 saturated carbocycles. The summed E-state index contributed by atoms with van der Waals surface area (Å²) < 4.78 is 0. The summed E-state index contributed by atoms with van der Waals surface area (Å²) >= 11 is 0. The van der Waals surface area contributed by atoms with E-state index in [0.717, 1.165) is 18.8 Å². The van der Waals surface area contributed by atoms with E-state index in [1.807, 2.05) is 0 Å². The highest BCUT2D eigenvalue weighted by molar-refractivity contribution is 5.37. The molecule has 0 amide bonds. The third-order valence-electron chi connectivity index (χ3n) is 2.53. The van der Waals surface area contributed by atoms with Gasteiger partial charge in [0.15, 0.2) is 0 Å². The van der Waals surface area contributed by atoms with Crippen LogP contribution < -0.4 is 16.2 Å². The van der Waals surface area contributed by atoms with E-state index in [-0.39, 0.29) is 0 Å². The predicted octanol–water partition coefficient (Wildman–Crippen LogP) is 0.001000. The molecule has 2 unspecified atom stereocenters. The second kappa shape index (κ2) is 4.34. The van der Waals surface area contributed by atoms with Gasteiger partial charge >= 0.3 is 0 Å². The molecule has 5 heteroatoms. The van der Waals surface area contributed by atoms with Crippen LogP contribution >= 0.6 is 0 Å². The van der Waals surface area contributed by atoms with Gasteiger partial charge in [0.1, 0.15) is 6.33 Å². The number of nitrogens with one attached hydrogen (secondary N) is 3. The van der Waals surface area contributed by atoms with Crippen LogP contribution in [-0.2, 0) is 0 Å². The van der Waals surface area contributed by atoms with Crippen LogP contribution in [0.3, 0.4) is 0 Å². The maximum absolute atomic E-state index is 3.94. The second-order valence-corrected chi connectivity index (χ2v) is 3.58. The topological polar surface area (TPSA) is 61.9 Å². The van der Waals surface area contributed by atoms with Crippen molar-refractivity contribution in [1.82, 2.24) is 20.8 Å². The fourth-order valence-electron chi connectivity index (χ4n) is 1.53. The van der Waals surface area contributed by atoms with E-state index in [2.05, 4.69) is 33.1 Å². The van der Waals surface area contributed by atoms with Crippen LogP contribution in [0.15, 0.2) is 18.7 Å². The van der Waals surface area contributed by atoms with Crippen LogP contribution in [-0.4, -0.2) is 29.1 Å². The standard InChI is InChI=1S/C9H15N5/c1-7-8(3-13-14-7)2-12-9-4-10-6-11-5-9/h4-8,12-14H,2-3H2,1H3. The van der Waals surface area contributed by atoms with E-state index in [1.54, 1.807) is 12.4 Å². The Morgan fingerprint density at radius 2 is 2.29 bits per heavy atom. The molecular weight excluding hydrogens is 178 g/mol. The highest BCUT2D eigenvalue weighted by Gasteiger charge is 2.21. The Bertz CT molecular complexity index is 276. The molecule has 2 heterocycles. The molecule has 0 aromatic carbocycles. The molecule has 0 spiro atoms. The van der Waals surface area contributed by atoms with Gasteiger partial charge in [-0.1, -0.05) is 0 Å². The minimum atomic E-state index is 0.507. The second-order valence-electron chi connectivity index (χ2n) is 3.58. The van der Waals surface area contributed by atoms with Crippen LogP contribution in [0.5, 0.6) is 0 Å². The minimum Gasteiger partial charge on any atom is -0.382 e. The highest BCUT2D eigenvalue weighted by atomic mass is 15.4. The zero-order valence-electron chi connectivity index (χ0n) is 8.20. The first-order chi connectivity index (χ1) is 6.86. The maximum Gasteiger partial charge on any atom is 0.115 e. The van der Waals surface area contributed by atoms with Crippen molar-refractivity contribution < 1.29 is 0 Å². The molecule has 76 valence electrons. The van der Waals surface area contributed by atoms with Gasteiger partial charge in [0.2, 0.25) is 0 Å². The summed E-state index contributed by atoms with van der Waals surface area (Å²) in [4.78, 5) is 7.89. The Hall–Kier alpha value is -1.20. The predicted molar refractivity (Wildman–Crippen MR) is 54.6 cm³/mol. The van der Waals surface area contributed by atoms with Gasteiger partial charge in [0, 0.05) is 25.0 Å². The molecule has 2 atom stereocenters. The van der Waals surface area contributed by atoms with Gasteiger partial charge in [0.05, 0.1) is 18.1 Å². The van der Waals surface area contributed by atoms with Gasteiger partial charge in [-0.05, 0) is 6.92 Å². The van der Waals surface area contributed by atoms with E-state index >= 15 is 0 Å². The lowest BCUT2D eigenvalue weighted by molar-refractivity contribution is 0.509. The molecule has 1 aromatic heterocycles. The van der Waals surface area contributed by atoms with Crippen LogP contribution in [0.2, 0.25) is 0 Å². The van der Waals surface area contributed by atoms with Crippen LogP contribution in [0, 0.1) is 5.92 Å². The first-order valence-electron chi connectivity index (χ1n) is 4.83. The highest BCUT2D eigenvalue weighted by Crippen LogP contribution is 2.09. The van der Waals surface area contributed by atoms with Gasteiger partial charge in [-0.25, -0.2) is 9.97 Å². The van der Waals surface area contributed by atoms with E-state index < -0.39 is 0 Å². The lowest BCUT2D eigenvalue weighted by atomic mass is 10.0. The van der Waals surface area contributed by atoms with E-state index in [1.165, 1.54) is 6.33 Å². The Kier molecular flexibility index (Phi) is 2.90. The fraction of sp³-hybridized carbons (Fsp3) is 0.556. The molecule has 3 N–H and O–H groups in total. The fourth-order valence-corrected chi connectivity index (χ4v) is 1.53. The molecule has 1 aliphatic heterocycles. The van der Waals surface area contributed by atoms with Gasteiger partial charge in [0.25, 0.3) is 0 Å². The normalized spacial score (nSPS) is 26.4. The van der Waals surface area contributed by atoms with Crippen molar-refractivity contribution in [3.05, 3.63) is 18.7 Å². The molecule has 1 aliphatic rings. The summed E-state index contributed by atoms with van der Waals surface area (Å²) in [7, 11) is 0. The third-order valence-corrected chi connectivity index (χ3v) is 2.53. The molecule has 1 aromatic rings. The molecule has 0 aliphatic carbocycles. The monoisotopic (exact) mass is 193 g/mol. The van der Waals surface area contributed by atoms with Crippen LogP contribution in [0.1, 0.15) is 6.92 Å². The zero-order chi connectivity index (χ0) is 9.80. The number of rotatable bonds is 3. The SMILES string of the molecule is CC1NNCC1CNc1cncnc1. The summed E-state index contributed by atoms with van der Waals surface area (Å²) in [6.45, 7) is 4.12. The number of hydrogen-bond acceptors (Lipinski definition) is 5. The summed E-state index contributed by atoms with van der Waals surface area (Å²) in [6, 6.07) is 0.507. The van der Waals surface area contributed by atoms with Crippen LogP contribution in [0.4, 0.5) is 5.69 Å². The molecule has 0 radical (unpaired) electrons. The van der Waals surface area contributed by atoms with E-state index in [9.17, 15) is 0 Å². The molecule has 2 rings (SSSR count). The molecule has 0 bridgehead atoms. The maximum atomic E-state index is 3.94. The van der Waals surface area contributed by atoms with E-state index in [0.29, 0.717) is 12.0 Å². The van der Waals surface area contributed by atoms with Crippen molar-refractivity contribution in [2.45, 2.75) is 13.0 Å². The quantitative estimate of drug-likeness (QED) is 0.631. The van der Waals surface area contributed by atoms with Crippen LogP contribution in [0.25, 0.3) is 0 Å². The third kappa shape index (κ3) is 2.18. The Balaban J connectivity index is 1.82.